The Morgan fingerprint density at radius 3 is 2.92 bits per heavy atom. The number of hydrogen-bond acceptors (Lipinski definition) is 3. The van der Waals surface area contributed by atoms with E-state index >= 15 is 0 Å². The van der Waals surface area contributed by atoms with E-state index in [-0.39, 0.29) is 11.9 Å². The Balaban J connectivity index is 1.66. The van der Waals surface area contributed by atoms with Gasteiger partial charge >= 0.3 is 0 Å². The molecule has 1 unspecified atom stereocenters. The monoisotopic (exact) mass is 406 g/mol. The molecule has 2 aromatic rings. The highest BCUT2D eigenvalue weighted by atomic mass is 79.9. The Labute approximate surface area is 154 Å². The van der Waals surface area contributed by atoms with Crippen molar-refractivity contribution in [3.63, 3.8) is 0 Å². The summed E-state index contributed by atoms with van der Waals surface area (Å²) in [6.45, 7) is 1.58. The normalized spacial score (nSPS) is 20.4. The van der Waals surface area contributed by atoms with E-state index in [1.807, 2.05) is 4.90 Å². The maximum Gasteiger partial charge on any atom is 0.255 e. The number of carbonyl (C=O) groups is 1. The van der Waals surface area contributed by atoms with E-state index in [4.69, 9.17) is 0 Å². The van der Waals surface area contributed by atoms with Crippen molar-refractivity contribution in [2.24, 2.45) is 0 Å². The molecule has 0 radical (unpaired) electrons. The van der Waals surface area contributed by atoms with E-state index in [2.05, 4.69) is 30.7 Å². The first-order chi connectivity index (χ1) is 12.1. The van der Waals surface area contributed by atoms with Crippen molar-refractivity contribution in [3.05, 3.63) is 45.7 Å². The molecule has 7 heteroatoms. The minimum Gasteiger partial charge on any atom is -0.328 e. The van der Waals surface area contributed by atoms with Crippen molar-refractivity contribution in [2.45, 2.75) is 51.1 Å². The first kappa shape index (κ1) is 16.7. The van der Waals surface area contributed by atoms with Crippen molar-refractivity contribution in [3.8, 4) is 0 Å². The van der Waals surface area contributed by atoms with Crippen LogP contribution < -0.4 is 0 Å². The first-order valence-corrected chi connectivity index (χ1v) is 9.62. The van der Waals surface area contributed by atoms with Crippen LogP contribution in [0.15, 0.2) is 22.7 Å². The van der Waals surface area contributed by atoms with Crippen LogP contribution in [-0.4, -0.2) is 32.1 Å². The number of aromatic nitrogens is 3. The molecule has 2 aliphatic heterocycles. The molecule has 25 heavy (non-hydrogen) atoms. The molecule has 0 N–H and O–H groups in total. The summed E-state index contributed by atoms with van der Waals surface area (Å²) in [6, 6.07) is 4.14. The zero-order chi connectivity index (χ0) is 17.4. The topological polar surface area (TPSA) is 51.0 Å². The minimum atomic E-state index is -0.404. The van der Waals surface area contributed by atoms with Gasteiger partial charge < -0.3 is 9.47 Å². The van der Waals surface area contributed by atoms with Gasteiger partial charge in [0.2, 0.25) is 0 Å². The van der Waals surface area contributed by atoms with Gasteiger partial charge in [0.15, 0.2) is 5.82 Å². The van der Waals surface area contributed by atoms with Gasteiger partial charge in [-0.1, -0.05) is 6.42 Å². The van der Waals surface area contributed by atoms with Crippen LogP contribution in [0, 0.1) is 5.82 Å². The fraction of sp³-hybridized carbons (Fsp3) is 0.500. The van der Waals surface area contributed by atoms with Crippen molar-refractivity contribution in [1.29, 1.82) is 0 Å². The Morgan fingerprint density at radius 1 is 1.16 bits per heavy atom. The molecule has 2 aliphatic rings. The molecular formula is C18H20BrFN4O. The number of likely N-dealkylation sites (tertiary alicyclic amines) is 1. The minimum absolute atomic E-state index is 0.0815. The molecule has 1 saturated heterocycles. The molecule has 3 heterocycles. The zero-order valence-corrected chi connectivity index (χ0v) is 15.5. The van der Waals surface area contributed by atoms with Crippen LogP contribution in [0.5, 0.6) is 0 Å². The second-order valence-corrected chi connectivity index (χ2v) is 7.57. The van der Waals surface area contributed by atoms with Crippen molar-refractivity contribution >= 4 is 21.8 Å². The van der Waals surface area contributed by atoms with Crippen LogP contribution in [0.1, 0.15) is 60.2 Å². The van der Waals surface area contributed by atoms with Crippen LogP contribution in [-0.2, 0) is 13.0 Å². The summed E-state index contributed by atoms with van der Waals surface area (Å²) in [5, 5.41) is 8.79. The highest BCUT2D eigenvalue weighted by Crippen LogP contribution is 2.34. The van der Waals surface area contributed by atoms with E-state index in [0.29, 0.717) is 16.6 Å². The molecule has 5 nitrogen and oxygen atoms in total. The molecule has 132 valence electrons. The predicted molar refractivity (Wildman–Crippen MR) is 94.7 cm³/mol. The lowest BCUT2D eigenvalue weighted by Gasteiger charge is -2.25. The maximum absolute atomic E-state index is 13.6. The SMILES string of the molecule is O=C(c1cc(F)ccc1Br)N1CCCC1c1nnc2n1CCCCC2. The van der Waals surface area contributed by atoms with Gasteiger partial charge in [0.25, 0.3) is 5.91 Å². The number of benzene rings is 1. The van der Waals surface area contributed by atoms with Gasteiger partial charge in [-0.3, -0.25) is 4.79 Å². The highest BCUT2D eigenvalue weighted by Gasteiger charge is 2.35. The molecule has 0 aliphatic carbocycles. The van der Waals surface area contributed by atoms with Crippen molar-refractivity contribution < 1.29 is 9.18 Å². The lowest BCUT2D eigenvalue weighted by atomic mass is 10.1. The number of carbonyl (C=O) groups excluding carboxylic acids is 1. The van der Waals surface area contributed by atoms with E-state index in [1.165, 1.54) is 18.6 Å². The lowest BCUT2D eigenvalue weighted by Crippen LogP contribution is -2.32. The van der Waals surface area contributed by atoms with Crippen LogP contribution >= 0.6 is 15.9 Å². The number of hydrogen-bond donors (Lipinski definition) is 0. The Hall–Kier alpha value is -1.76. The Kier molecular flexibility index (Phi) is 4.58. The van der Waals surface area contributed by atoms with Crippen LogP contribution in [0.2, 0.25) is 0 Å². The molecular weight excluding hydrogens is 387 g/mol. The van der Waals surface area contributed by atoms with Gasteiger partial charge in [0.1, 0.15) is 11.6 Å². The Morgan fingerprint density at radius 2 is 2.04 bits per heavy atom. The number of halogens is 2. The van der Waals surface area contributed by atoms with Gasteiger partial charge in [-0.2, -0.15) is 0 Å². The molecule has 0 bridgehead atoms. The summed E-state index contributed by atoms with van der Waals surface area (Å²) in [5.41, 5.74) is 0.363. The van der Waals surface area contributed by atoms with Crippen molar-refractivity contribution in [1.82, 2.24) is 19.7 Å². The van der Waals surface area contributed by atoms with Gasteiger partial charge in [-0.05, 0) is 59.8 Å². The standard InChI is InChI=1S/C18H20BrFN4O/c19-14-8-7-12(20)11-13(14)18(25)23-10-4-5-15(23)17-22-21-16-6-2-1-3-9-24(16)17/h7-8,11,15H,1-6,9-10H2. The molecule has 1 atom stereocenters. The fourth-order valence-corrected chi connectivity index (χ4v) is 4.26. The van der Waals surface area contributed by atoms with Gasteiger partial charge in [0.05, 0.1) is 11.6 Å². The zero-order valence-electron chi connectivity index (χ0n) is 13.9. The average molecular weight is 407 g/mol. The van der Waals surface area contributed by atoms with Gasteiger partial charge in [0, 0.05) is 24.0 Å². The predicted octanol–water partition coefficient (Wildman–Crippen LogP) is 3.88. The van der Waals surface area contributed by atoms with Gasteiger partial charge in [-0.25, -0.2) is 4.39 Å². The third-order valence-corrected chi connectivity index (χ3v) is 5.80. The van der Waals surface area contributed by atoms with Crippen LogP contribution in [0.4, 0.5) is 4.39 Å². The molecule has 1 fully saturated rings. The summed E-state index contributed by atoms with van der Waals surface area (Å²) < 4.78 is 16.4. The fourth-order valence-electron chi connectivity index (χ4n) is 3.85. The van der Waals surface area contributed by atoms with E-state index in [0.717, 1.165) is 50.3 Å². The molecule has 0 saturated carbocycles. The summed E-state index contributed by atoms with van der Waals surface area (Å²) in [5.74, 6) is 1.35. The largest absolute Gasteiger partial charge is 0.328 e. The molecule has 1 aromatic carbocycles. The van der Waals surface area contributed by atoms with E-state index < -0.39 is 5.82 Å². The quantitative estimate of drug-likeness (QED) is 0.759. The first-order valence-electron chi connectivity index (χ1n) is 8.83. The van der Waals surface area contributed by atoms with Crippen LogP contribution in [0.3, 0.4) is 0 Å². The number of rotatable bonds is 2. The number of fused-ring (bicyclic) bond motifs is 1. The molecule has 1 aromatic heterocycles. The number of nitrogens with zero attached hydrogens (tertiary/aromatic N) is 4. The molecule has 0 spiro atoms. The average Bonchev–Trinajstić information content (AvgIpc) is 3.17. The molecule has 4 rings (SSSR count). The summed E-state index contributed by atoms with van der Waals surface area (Å²) in [4.78, 5) is 14.9. The summed E-state index contributed by atoms with van der Waals surface area (Å²) >= 11 is 3.37. The maximum atomic E-state index is 13.6. The highest BCUT2D eigenvalue weighted by molar-refractivity contribution is 9.10. The van der Waals surface area contributed by atoms with Gasteiger partial charge in [-0.15, -0.1) is 10.2 Å². The lowest BCUT2D eigenvalue weighted by molar-refractivity contribution is 0.0725. The van der Waals surface area contributed by atoms with Crippen LogP contribution in [0.25, 0.3) is 0 Å². The second kappa shape index (κ2) is 6.86. The number of aryl methyl sites for hydroxylation is 1. The number of amides is 1. The second-order valence-electron chi connectivity index (χ2n) is 6.72. The molecule has 1 amide bonds. The van der Waals surface area contributed by atoms with E-state index in [1.54, 1.807) is 6.07 Å². The third kappa shape index (κ3) is 3.10. The third-order valence-electron chi connectivity index (χ3n) is 5.11. The van der Waals surface area contributed by atoms with E-state index in [9.17, 15) is 9.18 Å². The summed E-state index contributed by atoms with van der Waals surface area (Å²) in [6.07, 6.45) is 6.20. The van der Waals surface area contributed by atoms with Crippen molar-refractivity contribution in [2.75, 3.05) is 6.54 Å². The summed E-state index contributed by atoms with van der Waals surface area (Å²) in [7, 11) is 0. The smallest absolute Gasteiger partial charge is 0.255 e. The Bertz CT molecular complexity index is 806.